The summed E-state index contributed by atoms with van der Waals surface area (Å²) in [7, 11) is 3.46. The molecule has 0 bridgehead atoms. The Bertz CT molecular complexity index is 861. The molecule has 148 valence electrons. The summed E-state index contributed by atoms with van der Waals surface area (Å²) in [6.07, 6.45) is 1.75. The summed E-state index contributed by atoms with van der Waals surface area (Å²) >= 11 is 1.17. The van der Waals surface area contributed by atoms with Crippen molar-refractivity contribution in [3.05, 3.63) is 59.7 Å². The number of hydrogen-bond donors (Lipinski definition) is 1. The third-order valence-electron chi connectivity index (χ3n) is 5.17. The average molecular weight is 397 g/mol. The van der Waals surface area contributed by atoms with Gasteiger partial charge in [0.25, 0.3) is 5.24 Å². The molecule has 2 aromatic rings. The highest BCUT2D eigenvalue weighted by molar-refractivity contribution is 8.13. The van der Waals surface area contributed by atoms with Crippen molar-refractivity contribution >= 4 is 28.6 Å². The van der Waals surface area contributed by atoms with Crippen LogP contribution in [0.5, 0.6) is 0 Å². The van der Waals surface area contributed by atoms with Crippen molar-refractivity contribution in [3.63, 3.8) is 0 Å². The summed E-state index contributed by atoms with van der Waals surface area (Å²) in [5.74, 6) is 0.0424. The molecule has 5 heteroatoms. The molecular weight excluding hydrogens is 368 g/mol. The maximum atomic E-state index is 13.0. The van der Waals surface area contributed by atoms with Gasteiger partial charge in [0.1, 0.15) is 0 Å². The first-order valence-corrected chi connectivity index (χ1v) is 10.4. The van der Waals surface area contributed by atoms with Gasteiger partial charge < -0.3 is 10.2 Å². The minimum atomic E-state index is -0.412. The molecule has 1 N–H and O–H groups in total. The topological polar surface area (TPSA) is 49.4 Å². The number of nitrogens with zero attached hydrogens (tertiary/aromatic N) is 1. The van der Waals surface area contributed by atoms with Gasteiger partial charge in [-0.1, -0.05) is 45.0 Å². The third kappa shape index (κ3) is 4.41. The van der Waals surface area contributed by atoms with Crippen LogP contribution in [0.2, 0.25) is 0 Å². The fourth-order valence-electron chi connectivity index (χ4n) is 3.11. The number of anilines is 1. The van der Waals surface area contributed by atoms with E-state index in [4.69, 9.17) is 0 Å². The van der Waals surface area contributed by atoms with Gasteiger partial charge >= 0.3 is 0 Å². The van der Waals surface area contributed by atoms with E-state index in [1.165, 1.54) is 17.3 Å². The number of carbonyl (C=O) groups is 2. The van der Waals surface area contributed by atoms with Gasteiger partial charge in [0.05, 0.1) is 5.41 Å². The van der Waals surface area contributed by atoms with E-state index in [1.54, 1.807) is 19.0 Å². The Morgan fingerprint density at radius 2 is 1.54 bits per heavy atom. The van der Waals surface area contributed by atoms with E-state index in [2.05, 4.69) is 50.4 Å². The van der Waals surface area contributed by atoms with Crippen LogP contribution in [0.25, 0.3) is 0 Å². The van der Waals surface area contributed by atoms with Crippen LogP contribution in [0.3, 0.4) is 0 Å². The molecule has 1 saturated carbocycles. The highest BCUT2D eigenvalue weighted by Gasteiger charge is 2.51. The Balaban J connectivity index is 1.68. The molecule has 0 saturated heterocycles. The van der Waals surface area contributed by atoms with Crippen molar-refractivity contribution in [1.29, 1.82) is 0 Å². The molecule has 4 nitrogen and oxygen atoms in total. The zero-order valence-corrected chi connectivity index (χ0v) is 18.0. The van der Waals surface area contributed by atoms with Crippen molar-refractivity contribution in [3.8, 4) is 0 Å². The second-order valence-corrected chi connectivity index (χ2v) is 9.68. The van der Waals surface area contributed by atoms with E-state index in [9.17, 15) is 9.59 Å². The van der Waals surface area contributed by atoms with Crippen LogP contribution < -0.4 is 5.32 Å². The number of carbonyl (C=O) groups excluding carboxylic acids is 2. The third-order valence-corrected chi connectivity index (χ3v) is 6.22. The molecule has 0 unspecified atom stereocenters. The number of hydrogen-bond acceptors (Lipinski definition) is 3. The molecule has 1 fully saturated rings. The molecule has 28 heavy (non-hydrogen) atoms. The number of nitrogens with one attached hydrogen (secondary N) is 1. The molecule has 1 aliphatic carbocycles. The molecule has 1 aliphatic rings. The molecule has 0 atom stereocenters. The van der Waals surface area contributed by atoms with E-state index in [1.807, 2.05) is 24.3 Å². The van der Waals surface area contributed by atoms with Crippen molar-refractivity contribution in [2.45, 2.75) is 49.3 Å². The molecule has 0 aliphatic heterocycles. The van der Waals surface area contributed by atoms with Gasteiger partial charge in [-0.3, -0.25) is 9.59 Å². The van der Waals surface area contributed by atoms with Crippen LogP contribution in [-0.2, 0) is 15.6 Å². The zero-order chi connectivity index (χ0) is 20.5. The lowest BCUT2D eigenvalue weighted by atomic mass is 9.85. The summed E-state index contributed by atoms with van der Waals surface area (Å²) in [6.45, 7) is 6.57. The predicted octanol–water partition coefficient (Wildman–Crippen LogP) is 5.43. The van der Waals surface area contributed by atoms with Crippen molar-refractivity contribution < 1.29 is 9.59 Å². The first-order chi connectivity index (χ1) is 13.1. The minimum Gasteiger partial charge on any atom is -0.339 e. The van der Waals surface area contributed by atoms with Gasteiger partial charge in [0, 0.05) is 24.7 Å². The van der Waals surface area contributed by atoms with Crippen molar-refractivity contribution in [1.82, 2.24) is 4.90 Å². The Kier molecular flexibility index (Phi) is 5.57. The summed E-state index contributed by atoms with van der Waals surface area (Å²) in [5, 5.41) is 3.03. The molecular formula is C23H28N2O2S. The van der Waals surface area contributed by atoms with Crippen LogP contribution >= 0.6 is 11.8 Å². The van der Waals surface area contributed by atoms with Gasteiger partial charge in [-0.2, -0.15) is 0 Å². The quantitative estimate of drug-likeness (QED) is 0.701. The summed E-state index contributed by atoms with van der Waals surface area (Å²) in [4.78, 5) is 27.1. The smallest absolute Gasteiger partial charge is 0.285 e. The lowest BCUT2D eigenvalue weighted by Crippen LogP contribution is -2.28. The molecule has 3 rings (SSSR count). The molecule has 0 heterocycles. The van der Waals surface area contributed by atoms with Crippen LogP contribution in [-0.4, -0.2) is 30.1 Å². The maximum absolute atomic E-state index is 13.0. The number of benzene rings is 2. The SMILES string of the molecule is CN(C)C(=O)Sc1ccc(NC(=O)C2(c3ccc(C(C)(C)C)cc3)CC2)cc1. The van der Waals surface area contributed by atoms with Gasteiger partial charge in [-0.05, 0) is 65.4 Å². The largest absolute Gasteiger partial charge is 0.339 e. The standard InChI is InChI=1S/C23H28N2O2S/c1-22(2,3)16-6-8-17(9-7-16)23(14-15-23)20(26)24-18-10-12-19(13-11-18)28-21(27)25(4)5/h6-13H,14-15H2,1-5H3,(H,24,26). The number of amides is 2. The number of rotatable bonds is 4. The lowest BCUT2D eigenvalue weighted by Gasteiger charge is -2.21. The summed E-state index contributed by atoms with van der Waals surface area (Å²) in [6, 6.07) is 15.9. The highest BCUT2D eigenvalue weighted by Crippen LogP contribution is 2.49. The van der Waals surface area contributed by atoms with E-state index in [0.29, 0.717) is 0 Å². The normalized spacial score (nSPS) is 15.0. The lowest BCUT2D eigenvalue weighted by molar-refractivity contribution is -0.118. The van der Waals surface area contributed by atoms with Crippen LogP contribution in [0.4, 0.5) is 10.5 Å². The van der Waals surface area contributed by atoms with Crippen LogP contribution in [0.15, 0.2) is 53.4 Å². The molecule has 0 aromatic heterocycles. The van der Waals surface area contributed by atoms with E-state index >= 15 is 0 Å². The second kappa shape index (κ2) is 7.63. The Morgan fingerprint density at radius 3 is 2.00 bits per heavy atom. The molecule has 2 amide bonds. The number of thioether (sulfide) groups is 1. The monoisotopic (exact) mass is 396 g/mol. The van der Waals surface area contributed by atoms with Crippen molar-refractivity contribution in [2.75, 3.05) is 19.4 Å². The Labute approximate surface area is 171 Å². The maximum Gasteiger partial charge on any atom is 0.285 e. The van der Waals surface area contributed by atoms with E-state index in [-0.39, 0.29) is 16.6 Å². The highest BCUT2D eigenvalue weighted by atomic mass is 32.2. The zero-order valence-electron chi connectivity index (χ0n) is 17.2. The minimum absolute atomic E-state index is 0.0209. The van der Waals surface area contributed by atoms with Crippen LogP contribution in [0.1, 0.15) is 44.7 Å². The summed E-state index contributed by atoms with van der Waals surface area (Å²) < 4.78 is 0. The Morgan fingerprint density at radius 1 is 0.964 bits per heavy atom. The van der Waals surface area contributed by atoms with E-state index < -0.39 is 5.41 Å². The summed E-state index contributed by atoms with van der Waals surface area (Å²) in [5.41, 5.74) is 2.80. The molecule has 0 radical (unpaired) electrons. The second-order valence-electron chi connectivity index (χ2n) is 8.65. The van der Waals surface area contributed by atoms with Gasteiger partial charge in [-0.15, -0.1) is 0 Å². The van der Waals surface area contributed by atoms with Gasteiger partial charge in [0.15, 0.2) is 0 Å². The first kappa shape index (κ1) is 20.5. The molecule has 0 spiro atoms. The predicted molar refractivity (Wildman–Crippen MR) is 116 cm³/mol. The fraction of sp³-hybridized carbons (Fsp3) is 0.391. The van der Waals surface area contributed by atoms with E-state index in [0.717, 1.165) is 29.0 Å². The van der Waals surface area contributed by atoms with Crippen LogP contribution in [0, 0.1) is 0 Å². The molecule has 2 aromatic carbocycles. The average Bonchev–Trinajstić information content (AvgIpc) is 3.44. The van der Waals surface area contributed by atoms with Gasteiger partial charge in [0.2, 0.25) is 5.91 Å². The first-order valence-electron chi connectivity index (χ1n) is 9.53. The van der Waals surface area contributed by atoms with Crippen molar-refractivity contribution in [2.24, 2.45) is 0 Å². The fourth-order valence-corrected chi connectivity index (χ4v) is 3.77. The van der Waals surface area contributed by atoms with Gasteiger partial charge in [-0.25, -0.2) is 0 Å². The Hall–Kier alpha value is -2.27.